The van der Waals surface area contributed by atoms with E-state index in [-0.39, 0.29) is 36.2 Å². The molecule has 2 aliphatic heterocycles. The molecule has 2 saturated heterocycles. The zero-order valence-electron chi connectivity index (χ0n) is 15.7. The summed E-state index contributed by atoms with van der Waals surface area (Å²) in [6, 6.07) is 9.83. The topological polar surface area (TPSA) is 52.7 Å². The summed E-state index contributed by atoms with van der Waals surface area (Å²) in [7, 11) is 3.81. The summed E-state index contributed by atoms with van der Waals surface area (Å²) in [6.45, 7) is 2.69. The van der Waals surface area contributed by atoms with Gasteiger partial charge in [-0.25, -0.2) is 0 Å². The Morgan fingerprint density at radius 1 is 1.15 bits per heavy atom. The van der Waals surface area contributed by atoms with Crippen molar-refractivity contribution in [2.75, 3.05) is 33.7 Å². The van der Waals surface area contributed by atoms with Crippen LogP contribution in [0.1, 0.15) is 37.3 Å². The number of piperidine rings is 2. The van der Waals surface area contributed by atoms with Gasteiger partial charge in [-0.3, -0.25) is 9.59 Å². The van der Waals surface area contributed by atoms with Gasteiger partial charge in [-0.2, -0.15) is 0 Å². The Kier molecular flexibility index (Phi) is 7.47. The number of likely N-dealkylation sites (tertiary alicyclic amines) is 2. The number of carbonyl (C=O) groups excluding carboxylic acids is 2. The lowest BCUT2D eigenvalue weighted by molar-refractivity contribution is -0.147. The number of rotatable bonds is 4. The van der Waals surface area contributed by atoms with Gasteiger partial charge >= 0.3 is 0 Å². The smallest absolute Gasteiger partial charge is 0.228 e. The first-order valence-corrected chi connectivity index (χ1v) is 9.35. The van der Waals surface area contributed by atoms with Gasteiger partial charge in [0.05, 0.1) is 12.0 Å². The number of hydrogen-bond donors (Lipinski definition) is 1. The van der Waals surface area contributed by atoms with E-state index in [0.29, 0.717) is 18.8 Å². The molecule has 26 heavy (non-hydrogen) atoms. The van der Waals surface area contributed by atoms with Crippen molar-refractivity contribution in [3.63, 3.8) is 0 Å². The number of amides is 2. The van der Waals surface area contributed by atoms with Gasteiger partial charge in [-0.1, -0.05) is 30.3 Å². The van der Waals surface area contributed by atoms with Crippen LogP contribution in [0.15, 0.2) is 30.3 Å². The molecule has 2 amide bonds. The molecule has 5 nitrogen and oxygen atoms in total. The fraction of sp³-hybridized carbons (Fsp3) is 0.600. The molecule has 1 N–H and O–H groups in total. The highest BCUT2D eigenvalue weighted by Gasteiger charge is 2.41. The number of carbonyl (C=O) groups is 2. The average molecular weight is 380 g/mol. The Morgan fingerprint density at radius 3 is 2.42 bits per heavy atom. The van der Waals surface area contributed by atoms with E-state index in [4.69, 9.17) is 0 Å². The van der Waals surface area contributed by atoms with Crippen molar-refractivity contribution in [2.24, 2.45) is 11.8 Å². The molecule has 0 spiro atoms. The SMILES string of the molecule is CNCC1CCN(C(=O)C2CCC(=O)N(C)C2c2ccccc2)CC1.Cl. The minimum absolute atomic E-state index is 0. The molecule has 2 atom stereocenters. The van der Waals surface area contributed by atoms with Crippen LogP contribution in [0.2, 0.25) is 0 Å². The molecule has 2 unspecified atom stereocenters. The van der Waals surface area contributed by atoms with Gasteiger partial charge in [0, 0.05) is 26.6 Å². The number of halogens is 1. The van der Waals surface area contributed by atoms with Crippen LogP contribution in [0.25, 0.3) is 0 Å². The molecular formula is C20H30ClN3O2. The van der Waals surface area contributed by atoms with Gasteiger partial charge in [-0.05, 0) is 44.3 Å². The molecule has 144 valence electrons. The lowest BCUT2D eigenvalue weighted by Gasteiger charge is -2.42. The Labute approximate surface area is 162 Å². The zero-order chi connectivity index (χ0) is 17.8. The highest BCUT2D eigenvalue weighted by atomic mass is 35.5. The third-order valence-electron chi connectivity index (χ3n) is 5.74. The van der Waals surface area contributed by atoms with E-state index in [1.54, 1.807) is 4.90 Å². The minimum Gasteiger partial charge on any atom is -0.342 e. The maximum absolute atomic E-state index is 13.2. The first-order valence-electron chi connectivity index (χ1n) is 9.35. The van der Waals surface area contributed by atoms with Gasteiger partial charge in [0.25, 0.3) is 0 Å². The van der Waals surface area contributed by atoms with Gasteiger partial charge in [0.1, 0.15) is 0 Å². The molecule has 3 rings (SSSR count). The highest BCUT2D eigenvalue weighted by molar-refractivity contribution is 5.85. The number of benzene rings is 1. The molecule has 0 bridgehead atoms. The summed E-state index contributed by atoms with van der Waals surface area (Å²) in [4.78, 5) is 29.3. The molecular weight excluding hydrogens is 350 g/mol. The van der Waals surface area contributed by atoms with Crippen LogP contribution in [0.4, 0.5) is 0 Å². The van der Waals surface area contributed by atoms with E-state index in [2.05, 4.69) is 5.32 Å². The second kappa shape index (κ2) is 9.38. The van der Waals surface area contributed by atoms with Gasteiger partial charge in [0.2, 0.25) is 11.8 Å². The van der Waals surface area contributed by atoms with E-state index in [9.17, 15) is 9.59 Å². The van der Waals surface area contributed by atoms with E-state index < -0.39 is 0 Å². The van der Waals surface area contributed by atoms with Crippen molar-refractivity contribution in [3.8, 4) is 0 Å². The van der Waals surface area contributed by atoms with Crippen LogP contribution in [0.5, 0.6) is 0 Å². The van der Waals surface area contributed by atoms with Crippen molar-refractivity contribution >= 4 is 24.2 Å². The lowest BCUT2D eigenvalue weighted by Crippen LogP contribution is -2.49. The summed E-state index contributed by atoms with van der Waals surface area (Å²) in [6.07, 6.45) is 3.23. The Morgan fingerprint density at radius 2 is 1.81 bits per heavy atom. The summed E-state index contributed by atoms with van der Waals surface area (Å²) in [5.74, 6) is 0.877. The number of nitrogens with zero attached hydrogens (tertiary/aromatic N) is 2. The maximum Gasteiger partial charge on any atom is 0.228 e. The third-order valence-corrected chi connectivity index (χ3v) is 5.74. The second-order valence-electron chi connectivity index (χ2n) is 7.33. The predicted octanol–water partition coefficient (Wildman–Crippen LogP) is 2.48. The molecule has 0 radical (unpaired) electrons. The molecule has 2 fully saturated rings. The highest BCUT2D eigenvalue weighted by Crippen LogP contribution is 2.37. The van der Waals surface area contributed by atoms with E-state index >= 15 is 0 Å². The first-order chi connectivity index (χ1) is 12.1. The summed E-state index contributed by atoms with van der Waals surface area (Å²) < 4.78 is 0. The van der Waals surface area contributed by atoms with E-state index in [1.807, 2.05) is 49.3 Å². The summed E-state index contributed by atoms with van der Waals surface area (Å²) in [5, 5.41) is 3.24. The molecule has 2 aliphatic rings. The first kappa shape index (κ1) is 20.7. The van der Waals surface area contributed by atoms with Crippen molar-refractivity contribution < 1.29 is 9.59 Å². The van der Waals surface area contributed by atoms with Gasteiger partial charge < -0.3 is 15.1 Å². The predicted molar refractivity (Wildman–Crippen MR) is 105 cm³/mol. The quantitative estimate of drug-likeness (QED) is 0.874. The van der Waals surface area contributed by atoms with Crippen LogP contribution in [-0.4, -0.2) is 55.3 Å². The summed E-state index contributed by atoms with van der Waals surface area (Å²) in [5.41, 5.74) is 1.06. The fourth-order valence-electron chi connectivity index (χ4n) is 4.28. The van der Waals surface area contributed by atoms with Gasteiger partial charge in [0.15, 0.2) is 0 Å². The van der Waals surface area contributed by atoms with Crippen LogP contribution >= 0.6 is 12.4 Å². The average Bonchev–Trinajstić information content (AvgIpc) is 2.65. The Hall–Kier alpha value is -1.59. The van der Waals surface area contributed by atoms with E-state index in [1.165, 1.54) is 0 Å². The van der Waals surface area contributed by atoms with Gasteiger partial charge in [-0.15, -0.1) is 12.4 Å². The van der Waals surface area contributed by atoms with Crippen LogP contribution in [0.3, 0.4) is 0 Å². The summed E-state index contributed by atoms with van der Waals surface area (Å²) >= 11 is 0. The largest absolute Gasteiger partial charge is 0.342 e. The van der Waals surface area contributed by atoms with Crippen LogP contribution in [-0.2, 0) is 9.59 Å². The van der Waals surface area contributed by atoms with Crippen molar-refractivity contribution in [1.29, 1.82) is 0 Å². The second-order valence-corrected chi connectivity index (χ2v) is 7.33. The number of hydrogen-bond acceptors (Lipinski definition) is 3. The maximum atomic E-state index is 13.2. The van der Waals surface area contributed by atoms with Crippen LogP contribution < -0.4 is 5.32 Å². The lowest BCUT2D eigenvalue weighted by atomic mass is 9.83. The molecule has 0 aromatic heterocycles. The molecule has 2 heterocycles. The molecule has 0 saturated carbocycles. The molecule has 0 aliphatic carbocycles. The third kappa shape index (κ3) is 4.38. The molecule has 1 aromatic rings. The van der Waals surface area contributed by atoms with E-state index in [0.717, 1.165) is 38.0 Å². The molecule has 1 aromatic carbocycles. The van der Waals surface area contributed by atoms with Crippen molar-refractivity contribution in [1.82, 2.24) is 15.1 Å². The zero-order valence-corrected chi connectivity index (χ0v) is 16.5. The normalized spacial score (nSPS) is 24.3. The fourth-order valence-corrected chi connectivity index (χ4v) is 4.28. The van der Waals surface area contributed by atoms with Crippen molar-refractivity contribution in [2.45, 2.75) is 31.7 Å². The van der Waals surface area contributed by atoms with Crippen molar-refractivity contribution in [3.05, 3.63) is 35.9 Å². The Bertz CT molecular complexity index is 602. The standard InChI is InChI=1S/C20H29N3O2.ClH/c1-21-14-15-10-12-23(13-11-15)20(25)17-8-9-18(24)22(2)19(17)16-6-4-3-5-7-16;/h3-7,15,17,19,21H,8-14H2,1-2H3;1H. The van der Waals surface area contributed by atoms with Crippen LogP contribution in [0, 0.1) is 11.8 Å². The number of nitrogens with one attached hydrogen (secondary N) is 1. The Balaban J connectivity index is 0.00000243. The monoisotopic (exact) mass is 379 g/mol. The molecule has 6 heteroatoms. The minimum atomic E-state index is -0.148.